The third-order valence-electron chi connectivity index (χ3n) is 3.80. The first-order valence-electron chi connectivity index (χ1n) is 8.00. The van der Waals surface area contributed by atoms with E-state index in [4.69, 9.17) is 0 Å². The molecule has 0 saturated heterocycles. The Bertz CT molecular complexity index is 686. The van der Waals surface area contributed by atoms with Crippen LogP contribution in [0.25, 0.3) is 0 Å². The number of amides is 2. The lowest BCUT2D eigenvalue weighted by Crippen LogP contribution is -2.36. The maximum atomic E-state index is 12.0. The van der Waals surface area contributed by atoms with Crippen molar-refractivity contribution in [1.29, 1.82) is 0 Å². The maximum absolute atomic E-state index is 12.0. The standard InChI is InChI=1S/C19H23N3O2/c1-3-22(2)17-12-8-7-11-16(17)13-20-18(23)14-21-19(24)15-9-5-4-6-10-15/h4-12H,3,13-14H2,1-2H3,(H,20,23)(H,21,24). The van der Waals surface area contributed by atoms with Crippen molar-refractivity contribution in [3.63, 3.8) is 0 Å². The highest BCUT2D eigenvalue weighted by Gasteiger charge is 2.09. The fourth-order valence-corrected chi connectivity index (χ4v) is 2.31. The highest BCUT2D eigenvalue weighted by molar-refractivity contribution is 5.96. The highest BCUT2D eigenvalue weighted by Crippen LogP contribution is 2.18. The number of rotatable bonds is 7. The molecule has 0 aromatic heterocycles. The monoisotopic (exact) mass is 325 g/mol. The number of carbonyl (C=O) groups excluding carboxylic acids is 2. The molecule has 2 aromatic rings. The molecule has 0 aliphatic carbocycles. The lowest BCUT2D eigenvalue weighted by atomic mass is 10.1. The average Bonchev–Trinajstić information content (AvgIpc) is 2.64. The zero-order chi connectivity index (χ0) is 17.4. The van der Waals surface area contributed by atoms with Gasteiger partial charge in [0.25, 0.3) is 5.91 Å². The quantitative estimate of drug-likeness (QED) is 0.820. The molecule has 2 N–H and O–H groups in total. The van der Waals surface area contributed by atoms with Crippen LogP contribution in [0.5, 0.6) is 0 Å². The van der Waals surface area contributed by atoms with Crippen LogP contribution in [-0.2, 0) is 11.3 Å². The molecule has 0 bridgehead atoms. The number of nitrogens with zero attached hydrogens (tertiary/aromatic N) is 1. The van der Waals surface area contributed by atoms with Crippen molar-refractivity contribution < 1.29 is 9.59 Å². The molecular formula is C19H23N3O2. The minimum absolute atomic E-state index is 0.0422. The summed E-state index contributed by atoms with van der Waals surface area (Å²) in [5, 5.41) is 5.47. The largest absolute Gasteiger partial charge is 0.375 e. The maximum Gasteiger partial charge on any atom is 0.251 e. The normalized spacial score (nSPS) is 10.1. The van der Waals surface area contributed by atoms with Crippen molar-refractivity contribution in [2.45, 2.75) is 13.5 Å². The van der Waals surface area contributed by atoms with E-state index in [2.05, 4.69) is 22.5 Å². The van der Waals surface area contributed by atoms with Crippen LogP contribution >= 0.6 is 0 Å². The van der Waals surface area contributed by atoms with E-state index in [0.29, 0.717) is 12.1 Å². The Morgan fingerprint density at radius 3 is 2.33 bits per heavy atom. The first-order valence-corrected chi connectivity index (χ1v) is 8.00. The van der Waals surface area contributed by atoms with Gasteiger partial charge in [0, 0.05) is 31.4 Å². The molecule has 0 aliphatic rings. The van der Waals surface area contributed by atoms with Gasteiger partial charge >= 0.3 is 0 Å². The zero-order valence-corrected chi connectivity index (χ0v) is 14.1. The van der Waals surface area contributed by atoms with Gasteiger partial charge in [-0.2, -0.15) is 0 Å². The van der Waals surface area contributed by atoms with Gasteiger partial charge in [-0.25, -0.2) is 0 Å². The second-order valence-electron chi connectivity index (χ2n) is 5.47. The number of hydrogen-bond acceptors (Lipinski definition) is 3. The minimum atomic E-state index is -0.253. The number of nitrogens with one attached hydrogen (secondary N) is 2. The lowest BCUT2D eigenvalue weighted by Gasteiger charge is -2.20. The molecule has 2 rings (SSSR count). The zero-order valence-electron chi connectivity index (χ0n) is 14.1. The number of hydrogen-bond donors (Lipinski definition) is 2. The predicted octanol–water partition coefficient (Wildman–Crippen LogP) is 2.19. The molecule has 0 atom stereocenters. The molecule has 126 valence electrons. The van der Waals surface area contributed by atoms with Crippen LogP contribution in [0.1, 0.15) is 22.8 Å². The molecule has 5 nitrogen and oxygen atoms in total. The van der Waals surface area contributed by atoms with Crippen molar-refractivity contribution in [2.24, 2.45) is 0 Å². The summed E-state index contributed by atoms with van der Waals surface area (Å²) in [5.74, 6) is -0.467. The van der Waals surface area contributed by atoms with E-state index in [-0.39, 0.29) is 18.4 Å². The summed E-state index contributed by atoms with van der Waals surface area (Å²) >= 11 is 0. The molecule has 0 unspecified atom stereocenters. The smallest absolute Gasteiger partial charge is 0.251 e. The van der Waals surface area contributed by atoms with Gasteiger partial charge in [-0.3, -0.25) is 9.59 Å². The van der Waals surface area contributed by atoms with Crippen LogP contribution in [0.3, 0.4) is 0 Å². The van der Waals surface area contributed by atoms with Crippen molar-refractivity contribution >= 4 is 17.5 Å². The van der Waals surface area contributed by atoms with Crippen LogP contribution in [-0.4, -0.2) is 32.0 Å². The first kappa shape index (κ1) is 17.5. The third-order valence-corrected chi connectivity index (χ3v) is 3.80. The molecule has 0 heterocycles. The number of benzene rings is 2. The van der Waals surface area contributed by atoms with E-state index in [9.17, 15) is 9.59 Å². The van der Waals surface area contributed by atoms with Gasteiger partial charge in [0.2, 0.25) is 5.91 Å². The van der Waals surface area contributed by atoms with Crippen molar-refractivity contribution in [1.82, 2.24) is 10.6 Å². The summed E-state index contributed by atoms with van der Waals surface area (Å²) in [4.78, 5) is 26.0. The van der Waals surface area contributed by atoms with Crippen molar-refractivity contribution in [3.05, 3.63) is 65.7 Å². The molecule has 0 saturated carbocycles. The van der Waals surface area contributed by atoms with Crippen LogP contribution in [0.2, 0.25) is 0 Å². The first-order chi connectivity index (χ1) is 11.6. The van der Waals surface area contributed by atoms with Gasteiger partial charge in [-0.15, -0.1) is 0 Å². The second kappa shape index (κ2) is 8.72. The average molecular weight is 325 g/mol. The van der Waals surface area contributed by atoms with Crippen molar-refractivity contribution in [2.75, 3.05) is 25.0 Å². The molecule has 24 heavy (non-hydrogen) atoms. The summed E-state index contributed by atoms with van der Waals surface area (Å²) in [6.45, 7) is 3.35. The van der Waals surface area contributed by atoms with Gasteiger partial charge in [-0.1, -0.05) is 36.4 Å². The SMILES string of the molecule is CCN(C)c1ccccc1CNC(=O)CNC(=O)c1ccccc1. The Kier molecular flexibility index (Phi) is 6.37. The molecule has 0 radical (unpaired) electrons. The second-order valence-corrected chi connectivity index (χ2v) is 5.47. The fourth-order valence-electron chi connectivity index (χ4n) is 2.31. The third kappa shape index (κ3) is 4.84. The summed E-state index contributed by atoms with van der Waals surface area (Å²) in [7, 11) is 2.01. The minimum Gasteiger partial charge on any atom is -0.375 e. The Labute approximate surface area is 142 Å². The van der Waals surface area contributed by atoms with Gasteiger partial charge in [0.15, 0.2) is 0 Å². The number of carbonyl (C=O) groups is 2. The lowest BCUT2D eigenvalue weighted by molar-refractivity contribution is -0.120. The molecule has 0 spiro atoms. The molecule has 2 aromatic carbocycles. The van der Waals surface area contributed by atoms with Crippen LogP contribution < -0.4 is 15.5 Å². The van der Waals surface area contributed by atoms with Crippen LogP contribution in [0, 0.1) is 0 Å². The van der Waals surface area contributed by atoms with E-state index in [1.54, 1.807) is 24.3 Å². The number of anilines is 1. The number of para-hydroxylation sites is 1. The molecule has 2 amide bonds. The van der Waals surface area contributed by atoms with Gasteiger partial charge in [-0.05, 0) is 30.7 Å². The predicted molar refractivity (Wildman–Crippen MR) is 96.0 cm³/mol. The Hall–Kier alpha value is -2.82. The summed E-state index contributed by atoms with van der Waals surface area (Å²) in [6.07, 6.45) is 0. The Morgan fingerprint density at radius 2 is 1.62 bits per heavy atom. The van der Waals surface area contributed by atoms with Gasteiger partial charge < -0.3 is 15.5 Å². The molecule has 0 aliphatic heterocycles. The van der Waals surface area contributed by atoms with E-state index in [1.807, 2.05) is 37.4 Å². The highest BCUT2D eigenvalue weighted by atomic mass is 16.2. The fraction of sp³-hybridized carbons (Fsp3) is 0.263. The summed E-state index contributed by atoms with van der Waals surface area (Å²) in [6, 6.07) is 16.8. The molecule has 0 fully saturated rings. The molecular weight excluding hydrogens is 302 g/mol. The Balaban J connectivity index is 1.85. The molecule has 5 heteroatoms. The van der Waals surface area contributed by atoms with Crippen LogP contribution in [0.4, 0.5) is 5.69 Å². The van der Waals surface area contributed by atoms with Gasteiger partial charge in [0.1, 0.15) is 0 Å². The topological polar surface area (TPSA) is 61.4 Å². The van der Waals surface area contributed by atoms with Gasteiger partial charge in [0.05, 0.1) is 6.54 Å². The van der Waals surface area contributed by atoms with Crippen molar-refractivity contribution in [3.8, 4) is 0 Å². The van der Waals surface area contributed by atoms with E-state index in [1.165, 1.54) is 0 Å². The Morgan fingerprint density at radius 1 is 0.958 bits per heavy atom. The summed E-state index contributed by atoms with van der Waals surface area (Å²) in [5.41, 5.74) is 2.68. The van der Waals surface area contributed by atoms with E-state index >= 15 is 0 Å². The summed E-state index contributed by atoms with van der Waals surface area (Å²) < 4.78 is 0. The van der Waals surface area contributed by atoms with Crippen LogP contribution in [0.15, 0.2) is 54.6 Å². The van der Waals surface area contributed by atoms with E-state index < -0.39 is 0 Å². The van der Waals surface area contributed by atoms with E-state index in [0.717, 1.165) is 17.8 Å².